The lowest BCUT2D eigenvalue weighted by Crippen LogP contribution is -2.14. The fourth-order valence-corrected chi connectivity index (χ4v) is 2.26. The smallest absolute Gasteiger partial charge is 0.137 e. The number of furan rings is 1. The Morgan fingerprint density at radius 2 is 1.72 bits per heavy atom. The Morgan fingerprint density at radius 1 is 1.11 bits per heavy atom. The van der Waals surface area contributed by atoms with Crippen molar-refractivity contribution in [2.45, 2.75) is 39.7 Å². The highest BCUT2D eigenvalue weighted by molar-refractivity contribution is 5.64. The van der Waals surface area contributed by atoms with Crippen LogP contribution in [0.25, 0.3) is 11.3 Å². The fourth-order valence-electron chi connectivity index (χ4n) is 2.26. The molecule has 2 aromatic rings. The first-order valence-corrected chi connectivity index (χ1v) is 6.33. The van der Waals surface area contributed by atoms with Gasteiger partial charge in [0, 0.05) is 28.7 Å². The zero-order valence-electron chi connectivity index (χ0n) is 11.6. The van der Waals surface area contributed by atoms with Crippen molar-refractivity contribution in [2.75, 3.05) is 0 Å². The predicted molar refractivity (Wildman–Crippen MR) is 75.5 cm³/mol. The molecule has 0 aliphatic heterocycles. The summed E-state index contributed by atoms with van der Waals surface area (Å²) in [4.78, 5) is 0. The van der Waals surface area contributed by atoms with Crippen molar-refractivity contribution >= 4 is 0 Å². The second-order valence-corrected chi connectivity index (χ2v) is 5.68. The third-order valence-corrected chi connectivity index (χ3v) is 3.19. The highest BCUT2D eigenvalue weighted by atomic mass is 16.3. The third kappa shape index (κ3) is 2.21. The normalized spacial score (nSPS) is 11.8. The van der Waals surface area contributed by atoms with E-state index < -0.39 is 0 Å². The molecular weight excluding hydrogens is 222 g/mol. The summed E-state index contributed by atoms with van der Waals surface area (Å²) < 4.78 is 6.11. The van der Waals surface area contributed by atoms with Crippen LogP contribution in [0.4, 0.5) is 0 Å². The van der Waals surface area contributed by atoms with Gasteiger partial charge >= 0.3 is 0 Å². The second kappa shape index (κ2) is 4.62. The molecule has 2 nitrogen and oxygen atoms in total. The number of hydrogen-bond acceptors (Lipinski definition) is 2. The largest absolute Gasteiger partial charge is 0.460 e. The first-order valence-electron chi connectivity index (χ1n) is 6.33. The number of hydrogen-bond donors (Lipinski definition) is 1. The van der Waals surface area contributed by atoms with Crippen LogP contribution in [-0.4, -0.2) is 0 Å². The van der Waals surface area contributed by atoms with Gasteiger partial charge in [-0.2, -0.15) is 0 Å². The van der Waals surface area contributed by atoms with Gasteiger partial charge in [0.15, 0.2) is 0 Å². The molecule has 2 N–H and O–H groups in total. The van der Waals surface area contributed by atoms with Crippen LogP contribution < -0.4 is 5.73 Å². The molecule has 18 heavy (non-hydrogen) atoms. The van der Waals surface area contributed by atoms with Crippen molar-refractivity contribution in [3.63, 3.8) is 0 Å². The minimum atomic E-state index is -0.0213. The quantitative estimate of drug-likeness (QED) is 0.865. The molecule has 0 aliphatic rings. The first-order chi connectivity index (χ1) is 8.45. The molecule has 1 aromatic carbocycles. The summed E-state index contributed by atoms with van der Waals surface area (Å²) in [6.45, 7) is 9.07. The molecule has 1 heterocycles. The minimum Gasteiger partial charge on any atom is -0.460 e. The van der Waals surface area contributed by atoms with Crippen molar-refractivity contribution in [2.24, 2.45) is 5.73 Å². The summed E-state index contributed by atoms with van der Waals surface area (Å²) in [5, 5.41) is 0. The Balaban J connectivity index is 2.61. The van der Waals surface area contributed by atoms with Gasteiger partial charge in [-0.05, 0) is 6.92 Å². The highest BCUT2D eigenvalue weighted by Crippen LogP contribution is 2.36. The molecule has 0 fully saturated rings. The van der Waals surface area contributed by atoms with Gasteiger partial charge in [-0.25, -0.2) is 0 Å². The summed E-state index contributed by atoms with van der Waals surface area (Å²) >= 11 is 0. The molecule has 0 saturated heterocycles. The van der Waals surface area contributed by atoms with Gasteiger partial charge in [0.25, 0.3) is 0 Å². The zero-order chi connectivity index (χ0) is 13.3. The zero-order valence-corrected chi connectivity index (χ0v) is 11.6. The van der Waals surface area contributed by atoms with E-state index in [2.05, 4.69) is 39.8 Å². The Hall–Kier alpha value is -1.54. The molecule has 0 radical (unpaired) electrons. The molecule has 96 valence electrons. The molecule has 0 amide bonds. The van der Waals surface area contributed by atoms with Gasteiger partial charge < -0.3 is 10.2 Å². The summed E-state index contributed by atoms with van der Waals surface area (Å²) in [5.74, 6) is 1.95. The van der Waals surface area contributed by atoms with E-state index in [-0.39, 0.29) is 5.41 Å². The van der Waals surface area contributed by atoms with Crippen molar-refractivity contribution in [3.8, 4) is 11.3 Å². The monoisotopic (exact) mass is 243 g/mol. The Labute approximate surface area is 109 Å². The maximum Gasteiger partial charge on any atom is 0.137 e. The number of benzene rings is 1. The molecule has 0 aliphatic carbocycles. The van der Waals surface area contributed by atoms with Crippen LogP contribution in [0.1, 0.15) is 37.7 Å². The summed E-state index contributed by atoms with van der Waals surface area (Å²) in [5.41, 5.74) is 9.27. The molecule has 1 aromatic heterocycles. The molecular formula is C16H21NO. The van der Waals surface area contributed by atoms with E-state index in [1.807, 2.05) is 18.2 Å². The Morgan fingerprint density at radius 3 is 2.17 bits per heavy atom. The van der Waals surface area contributed by atoms with Crippen molar-refractivity contribution < 1.29 is 4.42 Å². The fraction of sp³-hybridized carbons (Fsp3) is 0.375. The number of nitrogens with two attached hydrogens (primary N) is 1. The topological polar surface area (TPSA) is 39.2 Å². The van der Waals surface area contributed by atoms with Gasteiger partial charge in [-0.15, -0.1) is 0 Å². The number of rotatable bonds is 2. The van der Waals surface area contributed by atoms with E-state index in [4.69, 9.17) is 10.2 Å². The highest BCUT2D eigenvalue weighted by Gasteiger charge is 2.26. The lowest BCUT2D eigenvalue weighted by atomic mass is 9.89. The second-order valence-electron chi connectivity index (χ2n) is 5.68. The van der Waals surface area contributed by atoms with E-state index in [1.54, 1.807) is 0 Å². The molecule has 0 atom stereocenters. The van der Waals surface area contributed by atoms with Crippen LogP contribution in [0.3, 0.4) is 0 Å². The van der Waals surface area contributed by atoms with Crippen LogP contribution in [-0.2, 0) is 12.0 Å². The van der Waals surface area contributed by atoms with E-state index in [0.29, 0.717) is 6.54 Å². The minimum absolute atomic E-state index is 0.0213. The summed E-state index contributed by atoms with van der Waals surface area (Å²) in [6.07, 6.45) is 0. The van der Waals surface area contributed by atoms with Crippen LogP contribution in [0, 0.1) is 6.92 Å². The van der Waals surface area contributed by atoms with Gasteiger partial charge in [0.1, 0.15) is 11.5 Å². The van der Waals surface area contributed by atoms with E-state index >= 15 is 0 Å². The molecule has 0 unspecified atom stereocenters. The lowest BCUT2D eigenvalue weighted by molar-refractivity contribution is 0.411. The Bertz CT molecular complexity index is 532. The van der Waals surface area contributed by atoms with Gasteiger partial charge in [-0.3, -0.25) is 0 Å². The van der Waals surface area contributed by atoms with Crippen molar-refractivity contribution in [1.29, 1.82) is 0 Å². The molecule has 0 bridgehead atoms. The average molecular weight is 243 g/mol. The summed E-state index contributed by atoms with van der Waals surface area (Å²) in [7, 11) is 0. The van der Waals surface area contributed by atoms with Crippen molar-refractivity contribution in [3.05, 3.63) is 47.2 Å². The average Bonchev–Trinajstić information content (AvgIpc) is 2.67. The van der Waals surface area contributed by atoms with Crippen LogP contribution in [0.2, 0.25) is 0 Å². The maximum atomic E-state index is 6.11. The van der Waals surface area contributed by atoms with Crippen LogP contribution in [0.5, 0.6) is 0 Å². The predicted octanol–water partition coefficient (Wildman–Crippen LogP) is 4.01. The molecule has 0 saturated carbocycles. The first kappa shape index (κ1) is 12.9. The van der Waals surface area contributed by atoms with Crippen molar-refractivity contribution in [1.82, 2.24) is 0 Å². The van der Waals surface area contributed by atoms with Crippen LogP contribution in [0.15, 0.2) is 34.7 Å². The summed E-state index contributed by atoms with van der Waals surface area (Å²) in [6, 6.07) is 10.2. The molecule has 0 spiro atoms. The maximum absolute atomic E-state index is 6.11. The molecule has 2 heteroatoms. The Kier molecular flexibility index (Phi) is 3.31. The van der Waals surface area contributed by atoms with Gasteiger partial charge in [-0.1, -0.05) is 51.1 Å². The third-order valence-electron chi connectivity index (χ3n) is 3.19. The lowest BCUT2D eigenvalue weighted by Gasteiger charge is -2.17. The van der Waals surface area contributed by atoms with E-state index in [0.717, 1.165) is 28.2 Å². The molecule has 2 rings (SSSR count). The standard InChI is InChI=1S/C16H21NO/c1-11-13(10-17)15(16(2,3)4)18-14(11)12-8-6-5-7-9-12/h5-9H,10,17H2,1-4H3. The van der Waals surface area contributed by atoms with E-state index in [9.17, 15) is 0 Å². The van der Waals surface area contributed by atoms with E-state index in [1.165, 1.54) is 0 Å². The van der Waals surface area contributed by atoms with Gasteiger partial charge in [0.2, 0.25) is 0 Å². The van der Waals surface area contributed by atoms with Crippen LogP contribution >= 0.6 is 0 Å². The SMILES string of the molecule is Cc1c(-c2ccccc2)oc(C(C)(C)C)c1CN. The van der Waals surface area contributed by atoms with Gasteiger partial charge in [0.05, 0.1) is 0 Å².